The summed E-state index contributed by atoms with van der Waals surface area (Å²) < 4.78 is 6.57. The van der Waals surface area contributed by atoms with Gasteiger partial charge in [0.1, 0.15) is 11.2 Å². The van der Waals surface area contributed by atoms with Crippen LogP contribution in [0.25, 0.3) is 88.0 Å². The SMILES string of the molecule is CC1(C)c2ccccc2-c2cccc(N(c3ccc(-c4cccc(-c5cccc6ccccc56)c4)cc3)c3ccccc3-c3ccc4oc5c6ccccc6ccc5c4c3)c21. The summed E-state index contributed by atoms with van der Waals surface area (Å²) in [7, 11) is 0. The molecule has 0 unspecified atom stereocenters. The Hall–Kier alpha value is -7.68. The number of nitrogens with zero attached hydrogens (tertiary/aromatic N) is 1. The Balaban J connectivity index is 1.02. The van der Waals surface area contributed by atoms with Crippen LogP contribution in [-0.2, 0) is 5.41 Å². The van der Waals surface area contributed by atoms with Gasteiger partial charge in [0.15, 0.2) is 0 Å². The number of fused-ring (bicyclic) bond motifs is 9. The van der Waals surface area contributed by atoms with E-state index < -0.39 is 0 Å². The molecule has 10 aromatic carbocycles. The van der Waals surface area contributed by atoms with Crippen molar-refractivity contribution in [3.05, 3.63) is 223 Å². The second-order valence-electron chi connectivity index (χ2n) is 16.9. The van der Waals surface area contributed by atoms with Crippen molar-refractivity contribution < 1.29 is 4.42 Å². The molecule has 1 heterocycles. The zero-order valence-electron chi connectivity index (χ0n) is 34.1. The average molecular weight is 780 g/mol. The summed E-state index contributed by atoms with van der Waals surface area (Å²) in [6, 6.07) is 77.5. The van der Waals surface area contributed by atoms with Crippen LogP contribution in [0.15, 0.2) is 217 Å². The third-order valence-corrected chi connectivity index (χ3v) is 13.0. The van der Waals surface area contributed by atoms with Gasteiger partial charge in [0.25, 0.3) is 0 Å². The highest BCUT2D eigenvalue weighted by molar-refractivity contribution is 6.15. The van der Waals surface area contributed by atoms with Gasteiger partial charge in [0, 0.05) is 32.8 Å². The maximum absolute atomic E-state index is 6.57. The second kappa shape index (κ2) is 13.7. The minimum atomic E-state index is -0.213. The minimum Gasteiger partial charge on any atom is -0.455 e. The first-order valence-electron chi connectivity index (χ1n) is 21.2. The van der Waals surface area contributed by atoms with Crippen LogP contribution in [0.5, 0.6) is 0 Å². The van der Waals surface area contributed by atoms with Gasteiger partial charge in [-0.25, -0.2) is 0 Å². The van der Waals surface area contributed by atoms with Crippen LogP contribution in [0.2, 0.25) is 0 Å². The molecule has 0 fully saturated rings. The predicted octanol–water partition coefficient (Wildman–Crippen LogP) is 16.7. The summed E-state index contributed by atoms with van der Waals surface area (Å²) in [5.74, 6) is 0. The number of para-hydroxylation sites is 1. The molecular weight excluding hydrogens is 739 g/mol. The van der Waals surface area contributed by atoms with E-state index in [1.165, 1.54) is 66.4 Å². The van der Waals surface area contributed by atoms with Gasteiger partial charge in [-0.1, -0.05) is 178 Å². The Kier molecular flexibility index (Phi) is 7.92. The van der Waals surface area contributed by atoms with Crippen molar-refractivity contribution in [2.75, 3.05) is 4.90 Å². The average Bonchev–Trinajstić information content (AvgIpc) is 3.81. The molecule has 12 rings (SSSR count). The zero-order chi connectivity index (χ0) is 40.7. The maximum atomic E-state index is 6.57. The summed E-state index contributed by atoms with van der Waals surface area (Å²) >= 11 is 0. The number of hydrogen-bond donors (Lipinski definition) is 0. The molecule has 288 valence electrons. The number of furan rings is 1. The number of hydrogen-bond acceptors (Lipinski definition) is 2. The van der Waals surface area contributed by atoms with E-state index in [0.29, 0.717) is 0 Å². The molecule has 0 saturated heterocycles. The fourth-order valence-electron chi connectivity index (χ4n) is 10.1. The zero-order valence-corrected chi connectivity index (χ0v) is 34.1. The molecule has 0 aliphatic heterocycles. The molecule has 2 nitrogen and oxygen atoms in total. The van der Waals surface area contributed by atoms with Gasteiger partial charge in [0.05, 0.1) is 11.4 Å². The molecule has 0 saturated carbocycles. The molecule has 0 radical (unpaired) electrons. The molecule has 0 bridgehead atoms. The molecule has 1 aliphatic rings. The van der Waals surface area contributed by atoms with Gasteiger partial charge in [-0.15, -0.1) is 0 Å². The van der Waals surface area contributed by atoms with Gasteiger partial charge in [-0.3, -0.25) is 0 Å². The van der Waals surface area contributed by atoms with Crippen molar-refractivity contribution in [1.29, 1.82) is 0 Å². The fourth-order valence-corrected chi connectivity index (χ4v) is 10.1. The standard InChI is InChI=1S/C59H41NO/c1-59(2)53-25-9-7-22-49(53)50-24-13-27-55(57(50)59)60(44-32-28-38(29-33-44)41-17-11-18-42(36-41)46-23-12-16-39-14-3-5-19-45(39)46)54-26-10-8-20-47(54)43-31-35-56-52(37-43)51-34-30-40-15-4-6-21-48(40)58(51)61-56/h3-37H,1-2H3. The molecule has 0 atom stereocenters. The minimum absolute atomic E-state index is 0.213. The number of benzene rings is 10. The first-order chi connectivity index (χ1) is 30.0. The summed E-state index contributed by atoms with van der Waals surface area (Å²) in [6.07, 6.45) is 0. The Labute approximate surface area is 355 Å². The first kappa shape index (κ1) is 35.3. The maximum Gasteiger partial charge on any atom is 0.143 e. The van der Waals surface area contributed by atoms with Crippen LogP contribution in [-0.4, -0.2) is 0 Å². The topological polar surface area (TPSA) is 16.4 Å². The highest BCUT2D eigenvalue weighted by Gasteiger charge is 2.39. The van der Waals surface area contributed by atoms with Crippen LogP contribution in [0.1, 0.15) is 25.0 Å². The van der Waals surface area contributed by atoms with Gasteiger partial charge < -0.3 is 9.32 Å². The van der Waals surface area contributed by atoms with Crippen molar-refractivity contribution in [3.63, 3.8) is 0 Å². The van der Waals surface area contributed by atoms with E-state index in [1.54, 1.807) is 0 Å². The van der Waals surface area contributed by atoms with E-state index in [4.69, 9.17) is 4.42 Å². The van der Waals surface area contributed by atoms with E-state index in [-0.39, 0.29) is 5.41 Å². The van der Waals surface area contributed by atoms with Gasteiger partial charge in [-0.05, 0) is 115 Å². The molecular formula is C59H41NO. The molecule has 0 N–H and O–H groups in total. The third-order valence-electron chi connectivity index (χ3n) is 13.0. The van der Waals surface area contributed by atoms with E-state index in [1.807, 2.05) is 0 Å². The van der Waals surface area contributed by atoms with E-state index in [0.717, 1.165) is 49.8 Å². The van der Waals surface area contributed by atoms with Gasteiger partial charge in [-0.2, -0.15) is 0 Å². The molecule has 0 spiro atoms. The molecule has 2 heteroatoms. The van der Waals surface area contributed by atoms with E-state index in [2.05, 4.69) is 231 Å². The van der Waals surface area contributed by atoms with E-state index >= 15 is 0 Å². The van der Waals surface area contributed by atoms with Gasteiger partial charge >= 0.3 is 0 Å². The number of anilines is 3. The molecule has 11 aromatic rings. The fraction of sp³-hybridized carbons (Fsp3) is 0.0508. The van der Waals surface area contributed by atoms with Crippen molar-refractivity contribution in [2.45, 2.75) is 19.3 Å². The van der Waals surface area contributed by atoms with Crippen molar-refractivity contribution in [1.82, 2.24) is 0 Å². The monoisotopic (exact) mass is 779 g/mol. The lowest BCUT2D eigenvalue weighted by Gasteiger charge is -2.33. The summed E-state index contributed by atoms with van der Waals surface area (Å²) in [6.45, 7) is 4.75. The molecule has 61 heavy (non-hydrogen) atoms. The smallest absolute Gasteiger partial charge is 0.143 e. The lowest BCUT2D eigenvalue weighted by atomic mass is 9.81. The molecule has 0 amide bonds. The Morgan fingerprint density at radius 2 is 0.984 bits per heavy atom. The van der Waals surface area contributed by atoms with Crippen LogP contribution in [0.4, 0.5) is 17.1 Å². The predicted molar refractivity (Wildman–Crippen MR) is 257 cm³/mol. The van der Waals surface area contributed by atoms with Crippen molar-refractivity contribution in [2.24, 2.45) is 0 Å². The quantitative estimate of drug-likeness (QED) is 0.167. The highest BCUT2D eigenvalue weighted by Crippen LogP contribution is 2.55. The molecule has 1 aromatic heterocycles. The Morgan fingerprint density at radius 3 is 1.85 bits per heavy atom. The van der Waals surface area contributed by atoms with Crippen LogP contribution in [0.3, 0.4) is 0 Å². The second-order valence-corrected chi connectivity index (χ2v) is 16.9. The van der Waals surface area contributed by atoms with Crippen LogP contribution < -0.4 is 4.90 Å². The normalized spacial score (nSPS) is 12.9. The summed E-state index contributed by atoms with van der Waals surface area (Å²) in [4.78, 5) is 2.49. The summed E-state index contributed by atoms with van der Waals surface area (Å²) in [5.41, 5.74) is 17.4. The van der Waals surface area contributed by atoms with Gasteiger partial charge in [0.2, 0.25) is 0 Å². The third kappa shape index (κ3) is 5.56. The molecule has 1 aliphatic carbocycles. The Morgan fingerprint density at radius 1 is 0.377 bits per heavy atom. The number of rotatable bonds is 6. The van der Waals surface area contributed by atoms with E-state index in [9.17, 15) is 0 Å². The lowest BCUT2D eigenvalue weighted by Crippen LogP contribution is -2.21. The largest absolute Gasteiger partial charge is 0.455 e. The highest BCUT2D eigenvalue weighted by atomic mass is 16.3. The van der Waals surface area contributed by atoms with Crippen LogP contribution in [0, 0.1) is 0 Å². The summed E-state index contributed by atoms with van der Waals surface area (Å²) in [5, 5.41) is 7.08. The van der Waals surface area contributed by atoms with Crippen molar-refractivity contribution in [3.8, 4) is 44.5 Å². The first-order valence-corrected chi connectivity index (χ1v) is 21.2. The lowest BCUT2D eigenvalue weighted by molar-refractivity contribution is 0.661. The van der Waals surface area contributed by atoms with Crippen molar-refractivity contribution >= 4 is 60.5 Å². The Bertz CT molecular complexity index is 3510. The van der Waals surface area contributed by atoms with Crippen LogP contribution >= 0.6 is 0 Å².